The first-order chi connectivity index (χ1) is 12.4. The Morgan fingerprint density at radius 3 is 2.62 bits per heavy atom. The molecule has 0 fully saturated rings. The minimum atomic E-state index is -3.54. The van der Waals surface area contributed by atoms with Crippen LogP contribution in [0, 0.1) is 0 Å². The summed E-state index contributed by atoms with van der Waals surface area (Å²) in [4.78, 5) is 16.3. The highest BCUT2D eigenvalue weighted by atomic mass is 32.2. The maximum atomic E-state index is 12.2. The van der Waals surface area contributed by atoms with E-state index >= 15 is 0 Å². The third-order valence-corrected chi connectivity index (χ3v) is 4.83. The summed E-state index contributed by atoms with van der Waals surface area (Å²) in [6, 6.07) is 10.0. The average molecular weight is 379 g/mol. The molecule has 140 valence electrons. The zero-order chi connectivity index (χ0) is 19.0. The van der Waals surface area contributed by atoms with Crippen LogP contribution in [0.1, 0.15) is 16.1 Å². The number of hydrogen-bond acceptors (Lipinski definition) is 6. The average Bonchev–Trinajstić information content (AvgIpc) is 2.66. The molecule has 9 heteroatoms. The number of amides is 1. The number of benzene rings is 1. The van der Waals surface area contributed by atoms with Gasteiger partial charge in [0.2, 0.25) is 10.0 Å². The van der Waals surface area contributed by atoms with Gasteiger partial charge in [-0.3, -0.25) is 9.78 Å². The first-order valence-electron chi connectivity index (χ1n) is 7.82. The molecule has 0 saturated carbocycles. The standard InChI is InChI=1S/C17H21N3O5S/c1-24-14-6-7-15(16(11-14)25-2)17(21)19-9-10-26(22,23)20-12-13-5-3-4-8-18-13/h3-8,11,20H,9-10,12H2,1-2H3,(H,19,21). The second-order valence-electron chi connectivity index (χ2n) is 5.28. The molecule has 26 heavy (non-hydrogen) atoms. The van der Waals surface area contributed by atoms with Crippen molar-refractivity contribution in [3.63, 3.8) is 0 Å². The highest BCUT2D eigenvalue weighted by molar-refractivity contribution is 7.89. The van der Waals surface area contributed by atoms with Gasteiger partial charge in [0.25, 0.3) is 5.91 Å². The van der Waals surface area contributed by atoms with Gasteiger partial charge in [-0.25, -0.2) is 13.1 Å². The number of pyridine rings is 1. The lowest BCUT2D eigenvalue weighted by Crippen LogP contribution is -2.34. The number of carbonyl (C=O) groups excluding carboxylic acids is 1. The Kier molecular flexibility index (Phi) is 6.93. The molecule has 0 spiro atoms. The maximum Gasteiger partial charge on any atom is 0.255 e. The number of ether oxygens (including phenoxy) is 2. The highest BCUT2D eigenvalue weighted by Crippen LogP contribution is 2.24. The van der Waals surface area contributed by atoms with E-state index in [4.69, 9.17) is 9.47 Å². The zero-order valence-electron chi connectivity index (χ0n) is 14.6. The number of aromatic nitrogens is 1. The van der Waals surface area contributed by atoms with Crippen LogP contribution in [0.3, 0.4) is 0 Å². The van der Waals surface area contributed by atoms with Crippen molar-refractivity contribution in [2.45, 2.75) is 6.54 Å². The zero-order valence-corrected chi connectivity index (χ0v) is 15.4. The topological polar surface area (TPSA) is 107 Å². The van der Waals surface area contributed by atoms with E-state index < -0.39 is 15.9 Å². The maximum absolute atomic E-state index is 12.2. The predicted octanol–water partition coefficient (Wildman–Crippen LogP) is 0.948. The lowest BCUT2D eigenvalue weighted by Gasteiger charge is -2.11. The van der Waals surface area contributed by atoms with Crippen LogP contribution in [0.25, 0.3) is 0 Å². The highest BCUT2D eigenvalue weighted by Gasteiger charge is 2.15. The Morgan fingerprint density at radius 1 is 1.15 bits per heavy atom. The Balaban J connectivity index is 1.87. The van der Waals surface area contributed by atoms with Gasteiger partial charge in [0, 0.05) is 18.8 Å². The second kappa shape index (κ2) is 9.16. The van der Waals surface area contributed by atoms with Gasteiger partial charge in [-0.05, 0) is 24.3 Å². The Hall–Kier alpha value is -2.65. The van der Waals surface area contributed by atoms with Gasteiger partial charge in [-0.15, -0.1) is 0 Å². The van der Waals surface area contributed by atoms with Crippen LogP contribution in [-0.2, 0) is 16.6 Å². The van der Waals surface area contributed by atoms with Crippen molar-refractivity contribution in [1.29, 1.82) is 0 Å². The van der Waals surface area contributed by atoms with E-state index in [1.807, 2.05) is 0 Å². The quantitative estimate of drug-likeness (QED) is 0.672. The summed E-state index contributed by atoms with van der Waals surface area (Å²) in [5.74, 6) is 0.228. The van der Waals surface area contributed by atoms with Crippen molar-refractivity contribution in [2.75, 3.05) is 26.5 Å². The van der Waals surface area contributed by atoms with E-state index in [1.165, 1.54) is 14.2 Å². The van der Waals surface area contributed by atoms with Crippen LogP contribution in [0.2, 0.25) is 0 Å². The van der Waals surface area contributed by atoms with Crippen LogP contribution < -0.4 is 19.5 Å². The molecule has 1 amide bonds. The Labute approximate surface area is 152 Å². The monoisotopic (exact) mass is 379 g/mol. The molecule has 0 bridgehead atoms. The molecule has 1 heterocycles. The fraction of sp³-hybridized carbons (Fsp3) is 0.294. The molecular formula is C17H21N3O5S. The number of hydrogen-bond donors (Lipinski definition) is 2. The molecule has 0 atom stereocenters. The molecule has 0 saturated heterocycles. The van der Waals surface area contributed by atoms with Gasteiger partial charge >= 0.3 is 0 Å². The summed E-state index contributed by atoms with van der Waals surface area (Å²) >= 11 is 0. The van der Waals surface area contributed by atoms with E-state index in [9.17, 15) is 13.2 Å². The fourth-order valence-electron chi connectivity index (χ4n) is 2.14. The Morgan fingerprint density at radius 2 is 1.96 bits per heavy atom. The van der Waals surface area contributed by atoms with Crippen molar-refractivity contribution >= 4 is 15.9 Å². The first kappa shape index (κ1) is 19.7. The van der Waals surface area contributed by atoms with E-state index in [2.05, 4.69) is 15.0 Å². The SMILES string of the molecule is COc1ccc(C(=O)NCCS(=O)(=O)NCc2ccccn2)c(OC)c1. The van der Waals surface area contributed by atoms with Crippen molar-refractivity contribution in [3.05, 3.63) is 53.9 Å². The molecule has 1 aromatic heterocycles. The number of nitrogens with zero attached hydrogens (tertiary/aromatic N) is 1. The largest absolute Gasteiger partial charge is 0.497 e. The smallest absolute Gasteiger partial charge is 0.255 e. The molecule has 0 radical (unpaired) electrons. The summed E-state index contributed by atoms with van der Waals surface area (Å²) in [5, 5.41) is 2.57. The summed E-state index contributed by atoms with van der Waals surface area (Å²) < 4.78 is 36.7. The summed E-state index contributed by atoms with van der Waals surface area (Å²) in [5.41, 5.74) is 0.912. The van der Waals surface area contributed by atoms with E-state index in [0.717, 1.165) is 0 Å². The van der Waals surface area contributed by atoms with Gasteiger partial charge in [0.1, 0.15) is 11.5 Å². The van der Waals surface area contributed by atoms with Crippen LogP contribution in [0.15, 0.2) is 42.6 Å². The normalized spacial score (nSPS) is 11.0. The molecule has 0 aliphatic carbocycles. The van der Waals surface area contributed by atoms with Crippen molar-refractivity contribution in [2.24, 2.45) is 0 Å². The predicted molar refractivity (Wildman–Crippen MR) is 96.7 cm³/mol. The van der Waals surface area contributed by atoms with Crippen molar-refractivity contribution in [3.8, 4) is 11.5 Å². The minimum Gasteiger partial charge on any atom is -0.497 e. The lowest BCUT2D eigenvalue weighted by atomic mass is 10.2. The Bertz CT molecular complexity index is 841. The second-order valence-corrected chi connectivity index (χ2v) is 7.21. The third-order valence-electron chi connectivity index (χ3n) is 3.51. The number of rotatable bonds is 9. The molecule has 1 aromatic carbocycles. The molecule has 2 aromatic rings. The van der Waals surface area contributed by atoms with Crippen LogP contribution in [0.5, 0.6) is 11.5 Å². The first-order valence-corrected chi connectivity index (χ1v) is 9.48. The minimum absolute atomic E-state index is 0.0361. The molecule has 0 aliphatic rings. The van der Waals surface area contributed by atoms with Gasteiger partial charge in [-0.2, -0.15) is 0 Å². The number of sulfonamides is 1. The van der Waals surface area contributed by atoms with Crippen molar-refractivity contribution < 1.29 is 22.7 Å². The number of nitrogens with one attached hydrogen (secondary N) is 2. The number of carbonyl (C=O) groups is 1. The van der Waals surface area contributed by atoms with Gasteiger partial charge in [0.15, 0.2) is 0 Å². The van der Waals surface area contributed by atoms with Crippen LogP contribution in [-0.4, -0.2) is 45.8 Å². The summed E-state index contributed by atoms with van der Waals surface area (Å²) in [6.45, 7) is 0.0645. The lowest BCUT2D eigenvalue weighted by molar-refractivity contribution is 0.0953. The van der Waals surface area contributed by atoms with E-state index in [0.29, 0.717) is 22.8 Å². The van der Waals surface area contributed by atoms with Gasteiger partial charge in [-0.1, -0.05) is 6.07 Å². The molecule has 0 aliphatic heterocycles. The number of methoxy groups -OCH3 is 2. The van der Waals surface area contributed by atoms with E-state index in [-0.39, 0.29) is 18.8 Å². The van der Waals surface area contributed by atoms with Crippen molar-refractivity contribution in [1.82, 2.24) is 15.0 Å². The van der Waals surface area contributed by atoms with Gasteiger partial charge < -0.3 is 14.8 Å². The fourth-order valence-corrected chi connectivity index (χ4v) is 3.02. The van der Waals surface area contributed by atoms with Gasteiger partial charge in [0.05, 0.1) is 37.8 Å². The molecule has 2 N–H and O–H groups in total. The molecule has 2 rings (SSSR count). The third kappa shape index (κ3) is 5.71. The van der Waals surface area contributed by atoms with Crippen LogP contribution >= 0.6 is 0 Å². The summed E-state index contributed by atoms with van der Waals surface area (Å²) in [7, 11) is -0.587. The molecule has 8 nitrogen and oxygen atoms in total. The molecule has 0 unspecified atom stereocenters. The summed E-state index contributed by atoms with van der Waals surface area (Å²) in [6.07, 6.45) is 1.59. The van der Waals surface area contributed by atoms with E-state index in [1.54, 1.807) is 42.6 Å². The molecular weight excluding hydrogens is 358 g/mol. The van der Waals surface area contributed by atoms with Crippen LogP contribution in [0.4, 0.5) is 0 Å².